The first-order valence-electron chi connectivity index (χ1n) is 5.85. The number of piperidine rings is 1. The molecule has 1 saturated heterocycles. The summed E-state index contributed by atoms with van der Waals surface area (Å²) in [4.78, 5) is 12.8. The largest absolute Gasteiger partial charge is 0.465 e. The Labute approximate surface area is 92.5 Å². The van der Waals surface area contributed by atoms with E-state index < -0.39 is 6.09 Å². The van der Waals surface area contributed by atoms with Crippen molar-refractivity contribution in [2.24, 2.45) is 11.3 Å². The Hall–Kier alpha value is -0.730. The van der Waals surface area contributed by atoms with Crippen molar-refractivity contribution >= 4 is 6.09 Å². The number of carboxylic acid groups (broad SMARTS) is 1. The molecule has 0 spiro atoms. The first-order chi connectivity index (χ1) is 6.86. The van der Waals surface area contributed by atoms with Crippen LogP contribution in [0.3, 0.4) is 0 Å². The van der Waals surface area contributed by atoms with Crippen LogP contribution in [0.4, 0.5) is 4.79 Å². The third-order valence-corrected chi connectivity index (χ3v) is 3.53. The molecule has 0 aromatic heterocycles. The number of likely N-dealkylation sites (tertiary alicyclic amines) is 1. The van der Waals surface area contributed by atoms with Gasteiger partial charge in [-0.3, -0.25) is 0 Å². The number of carbonyl (C=O) groups is 1. The second-order valence-electron chi connectivity index (χ2n) is 5.66. The summed E-state index contributed by atoms with van der Waals surface area (Å²) < 4.78 is 0. The molecule has 1 aliphatic rings. The quantitative estimate of drug-likeness (QED) is 0.726. The van der Waals surface area contributed by atoms with E-state index in [0.717, 1.165) is 12.8 Å². The van der Waals surface area contributed by atoms with Crippen molar-refractivity contribution in [1.82, 2.24) is 4.90 Å². The normalized spacial score (nSPS) is 27.9. The van der Waals surface area contributed by atoms with Gasteiger partial charge in [-0.2, -0.15) is 0 Å². The zero-order valence-electron chi connectivity index (χ0n) is 10.3. The molecular formula is C12H23NO2. The summed E-state index contributed by atoms with van der Waals surface area (Å²) in [6, 6.07) is 0.175. The minimum absolute atomic E-state index is 0.0478. The molecule has 15 heavy (non-hydrogen) atoms. The van der Waals surface area contributed by atoms with E-state index in [0.29, 0.717) is 12.5 Å². The number of hydrogen-bond donors (Lipinski definition) is 1. The topological polar surface area (TPSA) is 40.5 Å². The van der Waals surface area contributed by atoms with Crippen LogP contribution in [0, 0.1) is 11.3 Å². The summed E-state index contributed by atoms with van der Waals surface area (Å²) in [7, 11) is 0. The van der Waals surface area contributed by atoms with Gasteiger partial charge in [0.25, 0.3) is 0 Å². The van der Waals surface area contributed by atoms with Gasteiger partial charge in [0.1, 0.15) is 0 Å². The number of hydrogen-bond acceptors (Lipinski definition) is 1. The van der Waals surface area contributed by atoms with Crippen LogP contribution in [0.25, 0.3) is 0 Å². The SMILES string of the molecule is CCC1CCN(C(=O)O)C(C(C)(C)C)C1. The van der Waals surface area contributed by atoms with Crippen LogP contribution < -0.4 is 0 Å². The summed E-state index contributed by atoms with van der Waals surface area (Å²) in [5.74, 6) is 0.699. The Balaban J connectivity index is 2.78. The second kappa shape index (κ2) is 4.42. The highest BCUT2D eigenvalue weighted by Gasteiger charge is 2.37. The third kappa shape index (κ3) is 2.86. The van der Waals surface area contributed by atoms with Crippen molar-refractivity contribution in [2.45, 2.75) is 53.0 Å². The lowest BCUT2D eigenvalue weighted by molar-refractivity contribution is 0.0399. The van der Waals surface area contributed by atoms with E-state index in [2.05, 4.69) is 27.7 Å². The molecule has 1 N–H and O–H groups in total. The molecule has 0 bridgehead atoms. The molecule has 1 rings (SSSR count). The standard InChI is InChI=1S/C12H23NO2/c1-5-9-6-7-13(11(14)15)10(8-9)12(2,3)4/h9-10H,5-8H2,1-4H3,(H,14,15). The average Bonchev–Trinajstić information content (AvgIpc) is 2.15. The van der Waals surface area contributed by atoms with Gasteiger partial charge in [0.2, 0.25) is 0 Å². The maximum absolute atomic E-state index is 11.1. The molecule has 3 nitrogen and oxygen atoms in total. The fraction of sp³-hybridized carbons (Fsp3) is 0.917. The van der Waals surface area contributed by atoms with Crippen LogP contribution in [0.1, 0.15) is 47.0 Å². The smallest absolute Gasteiger partial charge is 0.407 e. The summed E-state index contributed by atoms with van der Waals surface area (Å²) >= 11 is 0. The molecule has 0 aliphatic carbocycles. The summed E-state index contributed by atoms with van der Waals surface area (Å²) in [6.07, 6.45) is 2.45. The lowest BCUT2D eigenvalue weighted by Crippen LogP contribution is -2.51. The summed E-state index contributed by atoms with van der Waals surface area (Å²) in [6.45, 7) is 9.29. The zero-order valence-corrected chi connectivity index (χ0v) is 10.3. The molecule has 2 unspecified atom stereocenters. The summed E-state index contributed by atoms with van der Waals surface area (Å²) in [5, 5.41) is 9.16. The van der Waals surface area contributed by atoms with Crippen LogP contribution >= 0.6 is 0 Å². The van der Waals surface area contributed by atoms with Gasteiger partial charge < -0.3 is 10.0 Å². The van der Waals surface area contributed by atoms with Crippen molar-refractivity contribution in [3.8, 4) is 0 Å². The first kappa shape index (κ1) is 12.3. The van der Waals surface area contributed by atoms with Gasteiger partial charge in [-0.25, -0.2) is 4.79 Å². The molecular weight excluding hydrogens is 190 g/mol. The molecule has 1 fully saturated rings. The molecule has 1 aliphatic heterocycles. The van der Waals surface area contributed by atoms with Gasteiger partial charge in [0.05, 0.1) is 0 Å². The first-order valence-corrected chi connectivity index (χ1v) is 5.85. The highest BCUT2D eigenvalue weighted by Crippen LogP contribution is 2.35. The molecule has 1 amide bonds. The van der Waals surface area contributed by atoms with Crippen LogP contribution in [0.2, 0.25) is 0 Å². The molecule has 0 saturated carbocycles. The van der Waals surface area contributed by atoms with Crippen molar-refractivity contribution in [2.75, 3.05) is 6.54 Å². The van der Waals surface area contributed by atoms with E-state index in [9.17, 15) is 4.79 Å². The van der Waals surface area contributed by atoms with Gasteiger partial charge in [-0.05, 0) is 24.2 Å². The molecule has 88 valence electrons. The minimum Gasteiger partial charge on any atom is -0.465 e. The Morgan fingerprint density at radius 2 is 2.07 bits per heavy atom. The highest BCUT2D eigenvalue weighted by molar-refractivity contribution is 5.65. The Bertz CT molecular complexity index is 232. The monoisotopic (exact) mass is 213 g/mol. The van der Waals surface area contributed by atoms with E-state index in [1.54, 1.807) is 4.90 Å². The Kier molecular flexibility index (Phi) is 3.63. The molecule has 1 heterocycles. The van der Waals surface area contributed by atoms with Gasteiger partial charge in [-0.15, -0.1) is 0 Å². The van der Waals surface area contributed by atoms with E-state index in [4.69, 9.17) is 5.11 Å². The molecule has 0 aromatic rings. The molecule has 0 aromatic carbocycles. The fourth-order valence-corrected chi connectivity index (χ4v) is 2.46. The molecule has 0 radical (unpaired) electrons. The number of nitrogens with zero attached hydrogens (tertiary/aromatic N) is 1. The van der Waals surface area contributed by atoms with E-state index in [1.165, 1.54) is 6.42 Å². The Morgan fingerprint density at radius 3 is 2.47 bits per heavy atom. The predicted octanol–water partition coefficient (Wildman–Crippen LogP) is 3.20. The number of amides is 1. The van der Waals surface area contributed by atoms with Gasteiger partial charge in [0, 0.05) is 12.6 Å². The Morgan fingerprint density at radius 1 is 1.47 bits per heavy atom. The molecule has 2 atom stereocenters. The van der Waals surface area contributed by atoms with Crippen LogP contribution in [0.5, 0.6) is 0 Å². The third-order valence-electron chi connectivity index (χ3n) is 3.53. The van der Waals surface area contributed by atoms with E-state index >= 15 is 0 Å². The maximum Gasteiger partial charge on any atom is 0.407 e. The van der Waals surface area contributed by atoms with Gasteiger partial charge in [-0.1, -0.05) is 34.1 Å². The lowest BCUT2D eigenvalue weighted by atomic mass is 9.76. The van der Waals surface area contributed by atoms with Crippen molar-refractivity contribution in [3.63, 3.8) is 0 Å². The van der Waals surface area contributed by atoms with Crippen molar-refractivity contribution < 1.29 is 9.90 Å². The van der Waals surface area contributed by atoms with Crippen molar-refractivity contribution in [1.29, 1.82) is 0 Å². The maximum atomic E-state index is 11.1. The molecule has 3 heteroatoms. The number of rotatable bonds is 1. The van der Waals surface area contributed by atoms with E-state index in [-0.39, 0.29) is 11.5 Å². The highest BCUT2D eigenvalue weighted by atomic mass is 16.4. The van der Waals surface area contributed by atoms with Crippen LogP contribution in [-0.2, 0) is 0 Å². The summed E-state index contributed by atoms with van der Waals surface area (Å²) in [5.41, 5.74) is 0.0478. The zero-order chi connectivity index (χ0) is 11.6. The average molecular weight is 213 g/mol. The van der Waals surface area contributed by atoms with Crippen molar-refractivity contribution in [3.05, 3.63) is 0 Å². The van der Waals surface area contributed by atoms with Gasteiger partial charge in [0.15, 0.2) is 0 Å². The lowest BCUT2D eigenvalue weighted by Gasteiger charge is -2.44. The van der Waals surface area contributed by atoms with Gasteiger partial charge >= 0.3 is 6.09 Å². The van der Waals surface area contributed by atoms with Crippen LogP contribution in [0.15, 0.2) is 0 Å². The van der Waals surface area contributed by atoms with Crippen LogP contribution in [-0.4, -0.2) is 28.7 Å². The van der Waals surface area contributed by atoms with E-state index in [1.807, 2.05) is 0 Å². The second-order valence-corrected chi connectivity index (χ2v) is 5.66. The minimum atomic E-state index is -0.760. The predicted molar refractivity (Wildman–Crippen MR) is 61.0 cm³/mol. The fourth-order valence-electron chi connectivity index (χ4n) is 2.46.